The lowest BCUT2D eigenvalue weighted by Gasteiger charge is -2.34. The predicted octanol–water partition coefficient (Wildman–Crippen LogP) is 4.98. The average molecular weight is 430 g/mol. The topological polar surface area (TPSA) is 61.6 Å². The maximum atomic E-state index is 13.3. The summed E-state index contributed by atoms with van der Waals surface area (Å²) in [6.07, 6.45) is 3.62. The van der Waals surface area contributed by atoms with Crippen molar-refractivity contribution in [2.24, 2.45) is 0 Å². The Bertz CT molecular complexity index is 1230. The summed E-state index contributed by atoms with van der Waals surface area (Å²) in [7, 11) is 0. The van der Waals surface area contributed by atoms with Gasteiger partial charge in [0.15, 0.2) is 0 Å². The van der Waals surface area contributed by atoms with Gasteiger partial charge in [-0.1, -0.05) is 18.2 Å². The number of fused-ring (bicyclic) bond motifs is 1. The molecule has 0 saturated carbocycles. The molecule has 0 radical (unpaired) electrons. The largest absolute Gasteiger partial charge is 0.460 e. The lowest BCUT2D eigenvalue weighted by Crippen LogP contribution is -2.49. The van der Waals surface area contributed by atoms with Crippen molar-refractivity contribution in [3.8, 4) is 11.1 Å². The number of amides is 2. The molecule has 0 atom stereocenters. The third kappa shape index (κ3) is 4.48. The van der Waals surface area contributed by atoms with E-state index in [9.17, 15) is 9.18 Å². The Morgan fingerprint density at radius 2 is 1.88 bits per heavy atom. The highest BCUT2D eigenvalue weighted by molar-refractivity contribution is 5.89. The van der Waals surface area contributed by atoms with Crippen LogP contribution in [0, 0.1) is 5.82 Å². The number of hydrogen-bond acceptors (Lipinski definition) is 4. The first kappa shape index (κ1) is 20.2. The van der Waals surface area contributed by atoms with Crippen LogP contribution >= 0.6 is 0 Å². The third-order valence-corrected chi connectivity index (χ3v) is 5.68. The predicted molar refractivity (Wildman–Crippen MR) is 122 cm³/mol. The lowest BCUT2D eigenvalue weighted by atomic mass is 10.1. The highest BCUT2D eigenvalue weighted by atomic mass is 19.1. The Morgan fingerprint density at radius 3 is 2.66 bits per heavy atom. The molecule has 0 aliphatic carbocycles. The number of pyridine rings is 1. The molecule has 0 bridgehead atoms. The van der Waals surface area contributed by atoms with Gasteiger partial charge in [0.2, 0.25) is 0 Å². The van der Waals surface area contributed by atoms with Gasteiger partial charge >= 0.3 is 6.03 Å². The maximum absolute atomic E-state index is 13.3. The Balaban J connectivity index is 1.19. The fourth-order valence-electron chi connectivity index (χ4n) is 3.99. The van der Waals surface area contributed by atoms with E-state index in [1.54, 1.807) is 23.2 Å². The highest BCUT2D eigenvalue weighted by Crippen LogP contribution is 2.27. The molecule has 1 aliphatic heterocycles. The molecule has 0 unspecified atom stereocenters. The number of hydrogen-bond donors (Lipinski definition) is 1. The summed E-state index contributed by atoms with van der Waals surface area (Å²) in [5.74, 6) is 0.534. The normalized spacial score (nSPS) is 14.6. The first-order chi connectivity index (χ1) is 15.6. The van der Waals surface area contributed by atoms with Crippen molar-refractivity contribution in [3.63, 3.8) is 0 Å². The van der Waals surface area contributed by atoms with E-state index >= 15 is 0 Å². The molecule has 2 aromatic heterocycles. The minimum atomic E-state index is -0.369. The molecule has 162 valence electrons. The third-order valence-electron chi connectivity index (χ3n) is 5.68. The second-order valence-electron chi connectivity index (χ2n) is 7.91. The van der Waals surface area contributed by atoms with E-state index in [-0.39, 0.29) is 11.8 Å². The zero-order chi connectivity index (χ0) is 21.9. The van der Waals surface area contributed by atoms with E-state index in [0.29, 0.717) is 25.3 Å². The van der Waals surface area contributed by atoms with Crippen molar-refractivity contribution in [2.45, 2.75) is 6.54 Å². The number of anilines is 1. The second kappa shape index (κ2) is 8.80. The Labute approximate surface area is 185 Å². The fourth-order valence-corrected chi connectivity index (χ4v) is 3.99. The Morgan fingerprint density at radius 1 is 1.00 bits per heavy atom. The van der Waals surface area contributed by atoms with E-state index in [1.165, 1.54) is 12.1 Å². The number of furan rings is 1. The van der Waals surface area contributed by atoms with Gasteiger partial charge in [-0.25, -0.2) is 9.18 Å². The van der Waals surface area contributed by atoms with Crippen LogP contribution in [0.2, 0.25) is 0 Å². The number of nitrogens with zero attached hydrogens (tertiary/aromatic N) is 3. The standard InChI is InChI=1S/C25H23FN4O2/c26-21-4-1-5-22(15-21)28-25(31)30-11-9-29(10-12-30)17-23-14-20-13-18(6-7-24(20)32-23)19-3-2-8-27-16-19/h1-8,13-16H,9-12,17H2,(H,28,31). The minimum Gasteiger partial charge on any atom is -0.460 e. The van der Waals surface area contributed by atoms with Gasteiger partial charge in [-0.3, -0.25) is 9.88 Å². The van der Waals surface area contributed by atoms with Crippen molar-refractivity contribution in [1.29, 1.82) is 0 Å². The zero-order valence-electron chi connectivity index (χ0n) is 17.5. The van der Waals surface area contributed by atoms with Gasteiger partial charge in [-0.2, -0.15) is 0 Å². The molecule has 6 nitrogen and oxygen atoms in total. The van der Waals surface area contributed by atoms with Gasteiger partial charge in [-0.15, -0.1) is 0 Å². The lowest BCUT2D eigenvalue weighted by molar-refractivity contribution is 0.137. The van der Waals surface area contributed by atoms with Crippen molar-refractivity contribution in [2.75, 3.05) is 31.5 Å². The number of benzene rings is 2. The van der Waals surface area contributed by atoms with Gasteiger partial charge in [-0.05, 0) is 48.0 Å². The number of piperazine rings is 1. The van der Waals surface area contributed by atoms with Crippen LogP contribution in [-0.4, -0.2) is 47.0 Å². The molecular weight excluding hydrogens is 407 g/mol. The van der Waals surface area contributed by atoms with Crippen molar-refractivity contribution >= 4 is 22.7 Å². The van der Waals surface area contributed by atoms with Crippen molar-refractivity contribution < 1.29 is 13.6 Å². The monoisotopic (exact) mass is 430 g/mol. The molecule has 3 heterocycles. The average Bonchev–Trinajstić information content (AvgIpc) is 3.21. The van der Waals surface area contributed by atoms with Crippen molar-refractivity contribution in [1.82, 2.24) is 14.8 Å². The van der Waals surface area contributed by atoms with Crippen LogP contribution < -0.4 is 5.32 Å². The molecule has 5 rings (SSSR count). The van der Waals surface area contributed by atoms with Crippen LogP contribution in [0.5, 0.6) is 0 Å². The summed E-state index contributed by atoms with van der Waals surface area (Å²) >= 11 is 0. The van der Waals surface area contributed by atoms with E-state index in [2.05, 4.69) is 27.3 Å². The number of urea groups is 1. The molecule has 1 saturated heterocycles. The van der Waals surface area contributed by atoms with E-state index in [4.69, 9.17) is 4.42 Å². The molecule has 1 N–H and O–H groups in total. The molecule has 0 spiro atoms. The molecule has 2 aromatic carbocycles. The van der Waals surface area contributed by atoms with E-state index in [1.807, 2.05) is 30.5 Å². The summed E-state index contributed by atoms with van der Waals surface area (Å²) in [5.41, 5.74) is 3.51. The van der Waals surface area contributed by atoms with Crippen LogP contribution in [0.1, 0.15) is 5.76 Å². The summed E-state index contributed by atoms with van der Waals surface area (Å²) in [6, 6.07) is 17.9. The SMILES string of the molecule is O=C(Nc1cccc(F)c1)N1CCN(Cc2cc3cc(-c4cccnc4)ccc3o2)CC1. The van der Waals surface area contributed by atoms with Crippen LogP contribution in [-0.2, 0) is 6.54 Å². The van der Waals surface area contributed by atoms with Crippen LogP contribution in [0.3, 0.4) is 0 Å². The number of aromatic nitrogens is 1. The van der Waals surface area contributed by atoms with Gasteiger partial charge < -0.3 is 14.6 Å². The number of carbonyl (C=O) groups is 1. The van der Waals surface area contributed by atoms with Crippen molar-refractivity contribution in [3.05, 3.63) is 84.6 Å². The molecule has 1 fully saturated rings. The summed E-state index contributed by atoms with van der Waals surface area (Å²) < 4.78 is 19.4. The molecular formula is C25H23FN4O2. The van der Waals surface area contributed by atoms with Crippen LogP contribution in [0.4, 0.5) is 14.9 Å². The first-order valence-electron chi connectivity index (χ1n) is 10.6. The number of halogens is 1. The Kier molecular flexibility index (Phi) is 5.56. The van der Waals surface area contributed by atoms with Crippen LogP contribution in [0.15, 0.2) is 77.5 Å². The van der Waals surface area contributed by atoms with Gasteiger partial charge in [0.1, 0.15) is 17.2 Å². The van der Waals surface area contributed by atoms with E-state index < -0.39 is 0 Å². The zero-order valence-corrected chi connectivity index (χ0v) is 17.5. The number of nitrogens with one attached hydrogen (secondary N) is 1. The molecule has 7 heteroatoms. The second-order valence-corrected chi connectivity index (χ2v) is 7.91. The maximum Gasteiger partial charge on any atom is 0.321 e. The molecule has 2 amide bonds. The van der Waals surface area contributed by atoms with Gasteiger partial charge in [0, 0.05) is 55.2 Å². The number of carbonyl (C=O) groups excluding carboxylic acids is 1. The fraction of sp³-hybridized carbons (Fsp3) is 0.200. The van der Waals surface area contributed by atoms with Gasteiger partial charge in [0.05, 0.1) is 6.54 Å². The number of rotatable bonds is 4. The molecule has 4 aromatic rings. The summed E-state index contributed by atoms with van der Waals surface area (Å²) in [4.78, 5) is 20.7. The summed E-state index contributed by atoms with van der Waals surface area (Å²) in [6.45, 7) is 3.39. The molecule has 1 aliphatic rings. The summed E-state index contributed by atoms with van der Waals surface area (Å²) in [5, 5.41) is 3.82. The molecule has 32 heavy (non-hydrogen) atoms. The first-order valence-corrected chi connectivity index (χ1v) is 10.6. The minimum absolute atomic E-state index is 0.207. The highest BCUT2D eigenvalue weighted by Gasteiger charge is 2.22. The van der Waals surface area contributed by atoms with E-state index in [0.717, 1.165) is 40.9 Å². The Hall–Kier alpha value is -3.71. The van der Waals surface area contributed by atoms with Gasteiger partial charge in [0.25, 0.3) is 0 Å². The van der Waals surface area contributed by atoms with Crippen LogP contribution in [0.25, 0.3) is 22.1 Å². The quantitative estimate of drug-likeness (QED) is 0.496. The smallest absolute Gasteiger partial charge is 0.321 e.